The molecule has 0 unspecified atom stereocenters. The zero-order chi connectivity index (χ0) is 15.5. The van der Waals surface area contributed by atoms with E-state index in [2.05, 4.69) is 32.9 Å². The summed E-state index contributed by atoms with van der Waals surface area (Å²) in [4.78, 5) is 0. The van der Waals surface area contributed by atoms with Crippen LogP contribution in [0.1, 0.15) is 37.5 Å². The van der Waals surface area contributed by atoms with Gasteiger partial charge in [-0.05, 0) is 34.2 Å². The van der Waals surface area contributed by atoms with Crippen LogP contribution in [-0.4, -0.2) is 5.11 Å². The molecule has 0 saturated carbocycles. The second-order valence-corrected chi connectivity index (χ2v) is 6.19. The monoisotopic (exact) mass is 288 g/mol. The van der Waals surface area contributed by atoms with Crippen LogP contribution in [-0.2, 0) is 18.6 Å². The molecule has 2 aromatic rings. The van der Waals surface area contributed by atoms with Crippen molar-refractivity contribution < 1.29 is 14.2 Å². The third-order valence-electron chi connectivity index (χ3n) is 3.34. The minimum absolute atomic E-state index is 0.123. The van der Waals surface area contributed by atoms with Gasteiger partial charge in [0.15, 0.2) is 0 Å². The van der Waals surface area contributed by atoms with Crippen molar-refractivity contribution in [3.63, 3.8) is 0 Å². The zero-order valence-electron chi connectivity index (χ0n) is 12.7. The lowest BCUT2D eigenvalue weighted by molar-refractivity contribution is 0.276. The minimum Gasteiger partial charge on any atom is -0.489 e. The maximum Gasteiger partial charge on any atom is 0.127 e. The van der Waals surface area contributed by atoms with E-state index in [0.717, 1.165) is 5.56 Å². The van der Waals surface area contributed by atoms with E-state index >= 15 is 0 Å². The highest BCUT2D eigenvalue weighted by atomic mass is 19.1. The van der Waals surface area contributed by atoms with E-state index in [0.29, 0.717) is 17.9 Å². The molecule has 0 aliphatic carbocycles. The number of hydrogen-bond acceptors (Lipinski definition) is 2. The number of rotatable bonds is 4. The summed E-state index contributed by atoms with van der Waals surface area (Å²) in [5.74, 6) is 0.0265. The molecule has 2 nitrogen and oxygen atoms in total. The molecule has 0 bridgehead atoms. The van der Waals surface area contributed by atoms with Crippen LogP contribution in [0, 0.1) is 5.82 Å². The van der Waals surface area contributed by atoms with Gasteiger partial charge in [-0.15, -0.1) is 0 Å². The molecule has 112 valence electrons. The molecule has 1 N–H and O–H groups in total. The average molecular weight is 288 g/mol. The molecule has 0 heterocycles. The van der Waals surface area contributed by atoms with Gasteiger partial charge in [0, 0.05) is 6.07 Å². The molecule has 0 saturated heterocycles. The normalized spacial score (nSPS) is 11.5. The van der Waals surface area contributed by atoms with Crippen molar-refractivity contribution in [2.75, 3.05) is 0 Å². The molecule has 0 spiro atoms. The summed E-state index contributed by atoms with van der Waals surface area (Å²) < 4.78 is 18.9. The molecule has 0 fully saturated rings. The molecule has 2 rings (SSSR count). The first-order chi connectivity index (χ1) is 9.88. The van der Waals surface area contributed by atoms with E-state index in [1.54, 1.807) is 6.07 Å². The number of aliphatic hydroxyl groups is 1. The number of halogens is 1. The number of hydrogen-bond donors (Lipinski definition) is 1. The first kappa shape index (κ1) is 15.5. The Bertz CT molecular complexity index is 598. The van der Waals surface area contributed by atoms with Gasteiger partial charge in [-0.25, -0.2) is 4.39 Å². The molecule has 21 heavy (non-hydrogen) atoms. The molecular formula is C18H21FO2. The van der Waals surface area contributed by atoms with E-state index < -0.39 is 5.82 Å². The summed E-state index contributed by atoms with van der Waals surface area (Å²) >= 11 is 0. The molecule has 0 aliphatic heterocycles. The lowest BCUT2D eigenvalue weighted by Gasteiger charge is -2.19. The lowest BCUT2D eigenvalue weighted by Crippen LogP contribution is -2.10. The topological polar surface area (TPSA) is 29.5 Å². The maximum absolute atomic E-state index is 13.3. The molecular weight excluding hydrogens is 267 g/mol. The van der Waals surface area contributed by atoms with Gasteiger partial charge < -0.3 is 9.84 Å². The molecule has 3 heteroatoms. The molecule has 0 atom stereocenters. The van der Waals surface area contributed by atoms with Gasteiger partial charge in [0.2, 0.25) is 0 Å². The zero-order valence-corrected chi connectivity index (χ0v) is 12.7. The van der Waals surface area contributed by atoms with Crippen molar-refractivity contribution in [1.29, 1.82) is 0 Å². The second-order valence-electron chi connectivity index (χ2n) is 6.19. The first-order valence-electron chi connectivity index (χ1n) is 7.01. The van der Waals surface area contributed by atoms with Gasteiger partial charge in [0.05, 0.1) is 6.61 Å². The molecule has 0 amide bonds. The molecule has 2 aromatic carbocycles. The summed E-state index contributed by atoms with van der Waals surface area (Å²) in [5, 5.41) is 9.06. The van der Waals surface area contributed by atoms with Gasteiger partial charge in [-0.2, -0.15) is 0 Å². The Kier molecular flexibility index (Phi) is 4.63. The van der Waals surface area contributed by atoms with Gasteiger partial charge in [0.25, 0.3) is 0 Å². The number of benzene rings is 2. The van der Waals surface area contributed by atoms with Crippen molar-refractivity contribution in [2.45, 2.75) is 39.4 Å². The fraction of sp³-hybridized carbons (Fsp3) is 0.333. The van der Waals surface area contributed by atoms with Crippen LogP contribution in [0.4, 0.5) is 4.39 Å². The van der Waals surface area contributed by atoms with Crippen molar-refractivity contribution in [1.82, 2.24) is 0 Å². The van der Waals surface area contributed by atoms with E-state index in [1.165, 1.54) is 17.7 Å². The Morgan fingerprint density at radius 2 is 1.67 bits per heavy atom. The third kappa shape index (κ3) is 4.30. The summed E-state index contributed by atoms with van der Waals surface area (Å²) in [6, 6.07) is 12.5. The van der Waals surface area contributed by atoms with Crippen LogP contribution in [0.3, 0.4) is 0 Å². The quantitative estimate of drug-likeness (QED) is 0.914. The van der Waals surface area contributed by atoms with Crippen molar-refractivity contribution >= 4 is 0 Å². The van der Waals surface area contributed by atoms with Crippen LogP contribution >= 0.6 is 0 Å². The van der Waals surface area contributed by atoms with E-state index in [4.69, 9.17) is 9.84 Å². The standard InChI is InChI=1S/C18H21FO2/c1-18(2,3)15-6-4-13(5-7-15)12-21-17-9-14(11-20)8-16(19)10-17/h4-10,20H,11-12H2,1-3H3. The smallest absolute Gasteiger partial charge is 0.127 e. The lowest BCUT2D eigenvalue weighted by atomic mass is 9.87. The fourth-order valence-corrected chi connectivity index (χ4v) is 2.06. The van der Waals surface area contributed by atoms with Crippen LogP contribution < -0.4 is 4.74 Å². The van der Waals surface area contributed by atoms with Gasteiger partial charge in [0.1, 0.15) is 18.2 Å². The summed E-state index contributed by atoms with van der Waals surface area (Å²) in [6.45, 7) is 6.68. The van der Waals surface area contributed by atoms with Crippen LogP contribution in [0.2, 0.25) is 0 Å². The van der Waals surface area contributed by atoms with Gasteiger partial charge in [-0.1, -0.05) is 45.0 Å². The molecule has 0 aliphatic rings. The van der Waals surface area contributed by atoms with Crippen LogP contribution in [0.25, 0.3) is 0 Å². The minimum atomic E-state index is -0.403. The fourth-order valence-electron chi connectivity index (χ4n) is 2.06. The number of aliphatic hydroxyl groups excluding tert-OH is 1. The predicted octanol–water partition coefficient (Wildman–Crippen LogP) is 4.19. The Morgan fingerprint density at radius 3 is 2.24 bits per heavy atom. The molecule has 0 aromatic heterocycles. The summed E-state index contributed by atoms with van der Waals surface area (Å²) in [6.07, 6.45) is 0. The highest BCUT2D eigenvalue weighted by molar-refractivity contribution is 5.30. The SMILES string of the molecule is CC(C)(C)c1ccc(COc2cc(F)cc(CO)c2)cc1. The van der Waals surface area contributed by atoms with Crippen molar-refractivity contribution in [2.24, 2.45) is 0 Å². The summed E-state index contributed by atoms with van der Waals surface area (Å²) in [5.41, 5.74) is 2.92. The van der Waals surface area contributed by atoms with E-state index in [9.17, 15) is 4.39 Å². The van der Waals surface area contributed by atoms with Gasteiger partial charge in [-0.3, -0.25) is 0 Å². The molecule has 0 radical (unpaired) electrons. The van der Waals surface area contributed by atoms with Crippen LogP contribution in [0.15, 0.2) is 42.5 Å². The van der Waals surface area contributed by atoms with E-state index in [1.807, 2.05) is 12.1 Å². The highest BCUT2D eigenvalue weighted by Crippen LogP contribution is 2.23. The van der Waals surface area contributed by atoms with Crippen molar-refractivity contribution in [3.8, 4) is 5.75 Å². The van der Waals surface area contributed by atoms with Crippen LogP contribution in [0.5, 0.6) is 5.75 Å². The predicted molar refractivity (Wildman–Crippen MR) is 81.8 cm³/mol. The van der Waals surface area contributed by atoms with Crippen molar-refractivity contribution in [3.05, 3.63) is 65.0 Å². The second kappa shape index (κ2) is 6.27. The Morgan fingerprint density at radius 1 is 1.00 bits per heavy atom. The largest absolute Gasteiger partial charge is 0.489 e. The maximum atomic E-state index is 13.3. The highest BCUT2D eigenvalue weighted by Gasteiger charge is 2.12. The summed E-state index contributed by atoms with van der Waals surface area (Å²) in [7, 11) is 0. The Balaban J connectivity index is 2.05. The van der Waals surface area contributed by atoms with Gasteiger partial charge >= 0.3 is 0 Å². The average Bonchev–Trinajstić information content (AvgIpc) is 2.44. The Labute approximate surface area is 125 Å². The number of ether oxygens (including phenoxy) is 1. The third-order valence-corrected chi connectivity index (χ3v) is 3.34. The first-order valence-corrected chi connectivity index (χ1v) is 7.01. The van der Waals surface area contributed by atoms with E-state index in [-0.39, 0.29) is 12.0 Å². The Hall–Kier alpha value is -1.87.